The first kappa shape index (κ1) is 14.0. The van der Waals surface area contributed by atoms with Crippen molar-refractivity contribution in [2.75, 3.05) is 0 Å². The zero-order chi connectivity index (χ0) is 14.0. The van der Waals surface area contributed by atoms with E-state index in [4.69, 9.17) is 10.00 Å². The van der Waals surface area contributed by atoms with Crippen LogP contribution >= 0.6 is 27.5 Å². The molecule has 0 N–H and O–H groups in total. The highest BCUT2D eigenvalue weighted by Gasteiger charge is 2.20. The quantitative estimate of drug-likeness (QED) is 0.821. The van der Waals surface area contributed by atoms with Crippen LogP contribution in [0.5, 0.6) is 10.9 Å². The van der Waals surface area contributed by atoms with Crippen molar-refractivity contribution in [3.63, 3.8) is 0 Å². The van der Waals surface area contributed by atoms with Crippen molar-refractivity contribution in [3.8, 4) is 17.0 Å². The largest absolute Gasteiger partial charge is 0.428 e. The van der Waals surface area contributed by atoms with E-state index in [9.17, 15) is 0 Å². The van der Waals surface area contributed by atoms with Crippen molar-refractivity contribution < 1.29 is 4.74 Å². The summed E-state index contributed by atoms with van der Waals surface area (Å²) in [6.07, 6.45) is 0. The second-order valence-electron chi connectivity index (χ2n) is 4.99. The molecule has 0 radical (unpaired) electrons. The minimum Gasteiger partial charge on any atom is -0.428 e. The monoisotopic (exact) mass is 337 g/mol. The fourth-order valence-electron chi connectivity index (χ4n) is 1.33. The topological polar surface area (TPSA) is 58.8 Å². The Labute approximate surface area is 124 Å². The van der Waals surface area contributed by atoms with E-state index in [1.54, 1.807) is 12.1 Å². The van der Waals surface area contributed by atoms with Crippen LogP contribution in [0, 0.1) is 11.3 Å². The number of halogens is 1. The molecule has 2 rings (SSSR count). The van der Waals surface area contributed by atoms with Crippen LogP contribution in [0.4, 0.5) is 0 Å². The van der Waals surface area contributed by atoms with Gasteiger partial charge >= 0.3 is 0 Å². The summed E-state index contributed by atoms with van der Waals surface area (Å²) >= 11 is 4.51. The summed E-state index contributed by atoms with van der Waals surface area (Å²) in [6, 6.07) is 7.36. The molecule has 0 unspecified atom stereocenters. The van der Waals surface area contributed by atoms with E-state index in [2.05, 4.69) is 31.4 Å². The van der Waals surface area contributed by atoms with E-state index in [1.807, 2.05) is 26.8 Å². The number of nitriles is 1. The van der Waals surface area contributed by atoms with Gasteiger partial charge in [-0.1, -0.05) is 36.7 Å². The highest BCUT2D eigenvalue weighted by molar-refractivity contribution is 9.10. The van der Waals surface area contributed by atoms with Crippen molar-refractivity contribution in [2.45, 2.75) is 26.2 Å². The standard InChI is InChI=1S/C13H12BrN3OS/c1-13(2,3)11-16-12(19-17-11)18-10-5-4-9(14)6-8(10)7-15/h4-6H,1-3H3. The fourth-order valence-corrected chi connectivity index (χ4v) is 2.42. The van der Waals surface area contributed by atoms with Crippen molar-refractivity contribution in [1.82, 2.24) is 9.36 Å². The van der Waals surface area contributed by atoms with Crippen LogP contribution in [0.2, 0.25) is 0 Å². The molecule has 2 aromatic rings. The highest BCUT2D eigenvalue weighted by Crippen LogP contribution is 2.30. The van der Waals surface area contributed by atoms with E-state index in [-0.39, 0.29) is 5.41 Å². The summed E-state index contributed by atoms with van der Waals surface area (Å²) in [5, 5.41) is 9.52. The Hall–Kier alpha value is -1.45. The lowest BCUT2D eigenvalue weighted by molar-refractivity contribution is 0.466. The molecular weight excluding hydrogens is 326 g/mol. The second-order valence-corrected chi connectivity index (χ2v) is 6.62. The molecule has 0 fully saturated rings. The van der Waals surface area contributed by atoms with Crippen molar-refractivity contribution in [2.24, 2.45) is 0 Å². The summed E-state index contributed by atoms with van der Waals surface area (Å²) < 4.78 is 10.7. The third-order valence-corrected chi connectivity index (χ3v) is 3.43. The smallest absolute Gasteiger partial charge is 0.298 e. The van der Waals surface area contributed by atoms with Crippen molar-refractivity contribution >= 4 is 27.5 Å². The summed E-state index contributed by atoms with van der Waals surface area (Å²) in [6.45, 7) is 6.12. The number of ether oxygens (including phenoxy) is 1. The molecule has 1 aromatic carbocycles. The van der Waals surface area contributed by atoms with Crippen LogP contribution in [-0.2, 0) is 5.41 Å². The molecule has 6 heteroatoms. The molecule has 0 aliphatic rings. The number of nitrogens with zero attached hydrogens (tertiary/aromatic N) is 3. The Morgan fingerprint density at radius 2 is 2.11 bits per heavy atom. The average Bonchev–Trinajstić information content (AvgIpc) is 2.79. The Kier molecular flexibility index (Phi) is 3.88. The first-order chi connectivity index (χ1) is 8.90. The van der Waals surface area contributed by atoms with Crippen LogP contribution < -0.4 is 4.74 Å². The highest BCUT2D eigenvalue weighted by atomic mass is 79.9. The maximum atomic E-state index is 9.07. The first-order valence-electron chi connectivity index (χ1n) is 5.62. The summed E-state index contributed by atoms with van der Waals surface area (Å²) in [5.41, 5.74) is 0.345. The predicted octanol–water partition coefficient (Wildman–Crippen LogP) is 4.26. The van der Waals surface area contributed by atoms with Gasteiger partial charge in [-0.3, -0.25) is 0 Å². The third kappa shape index (κ3) is 3.31. The minimum absolute atomic E-state index is 0.115. The summed E-state index contributed by atoms with van der Waals surface area (Å²) in [4.78, 5) is 4.34. The van der Waals surface area contributed by atoms with Crippen molar-refractivity contribution in [1.29, 1.82) is 5.26 Å². The Balaban J connectivity index is 2.27. The molecule has 1 heterocycles. The zero-order valence-corrected chi connectivity index (χ0v) is 13.2. The van der Waals surface area contributed by atoms with Crippen LogP contribution in [0.3, 0.4) is 0 Å². The Morgan fingerprint density at radius 1 is 1.37 bits per heavy atom. The van der Waals surface area contributed by atoms with E-state index < -0.39 is 0 Å². The second kappa shape index (κ2) is 5.27. The zero-order valence-electron chi connectivity index (χ0n) is 10.8. The molecule has 0 amide bonds. The lowest BCUT2D eigenvalue weighted by Crippen LogP contribution is -2.12. The van der Waals surface area contributed by atoms with Gasteiger partial charge in [-0.05, 0) is 18.2 Å². The fraction of sp³-hybridized carbons (Fsp3) is 0.308. The van der Waals surface area contributed by atoms with E-state index in [0.29, 0.717) is 16.5 Å². The molecule has 0 saturated carbocycles. The van der Waals surface area contributed by atoms with Gasteiger partial charge in [-0.15, -0.1) is 0 Å². The predicted molar refractivity (Wildman–Crippen MR) is 77.5 cm³/mol. The molecule has 0 atom stereocenters. The lowest BCUT2D eigenvalue weighted by Gasteiger charge is -2.12. The molecule has 0 aliphatic carbocycles. The van der Waals surface area contributed by atoms with Crippen LogP contribution in [0.15, 0.2) is 22.7 Å². The Morgan fingerprint density at radius 3 is 2.68 bits per heavy atom. The number of hydrogen-bond acceptors (Lipinski definition) is 5. The number of hydrogen-bond donors (Lipinski definition) is 0. The number of benzene rings is 1. The molecule has 0 spiro atoms. The maximum Gasteiger partial charge on any atom is 0.298 e. The first-order valence-corrected chi connectivity index (χ1v) is 7.18. The SMILES string of the molecule is CC(C)(C)c1nsc(Oc2ccc(Br)cc2C#N)n1. The molecular formula is C13H12BrN3OS. The molecule has 4 nitrogen and oxygen atoms in total. The summed E-state index contributed by atoms with van der Waals surface area (Å²) in [5.74, 6) is 1.23. The number of rotatable bonds is 2. The van der Waals surface area contributed by atoms with E-state index in [1.165, 1.54) is 11.5 Å². The molecule has 19 heavy (non-hydrogen) atoms. The lowest BCUT2D eigenvalue weighted by atomic mass is 9.96. The van der Waals surface area contributed by atoms with Gasteiger partial charge in [0, 0.05) is 21.4 Å². The van der Waals surface area contributed by atoms with Gasteiger partial charge < -0.3 is 4.74 Å². The van der Waals surface area contributed by atoms with Gasteiger partial charge in [-0.25, -0.2) is 0 Å². The van der Waals surface area contributed by atoms with Gasteiger partial charge in [0.25, 0.3) is 5.19 Å². The summed E-state index contributed by atoms with van der Waals surface area (Å²) in [7, 11) is 0. The average molecular weight is 338 g/mol. The molecule has 0 bridgehead atoms. The molecule has 1 aromatic heterocycles. The molecule has 0 saturated heterocycles. The van der Waals surface area contributed by atoms with Crippen LogP contribution in [-0.4, -0.2) is 9.36 Å². The van der Waals surface area contributed by atoms with Gasteiger partial charge in [0.05, 0.1) is 5.56 Å². The van der Waals surface area contributed by atoms with Crippen LogP contribution in [0.25, 0.3) is 0 Å². The van der Waals surface area contributed by atoms with E-state index in [0.717, 1.165) is 10.3 Å². The number of aromatic nitrogens is 2. The van der Waals surface area contributed by atoms with E-state index >= 15 is 0 Å². The molecule has 98 valence electrons. The third-order valence-electron chi connectivity index (χ3n) is 2.34. The minimum atomic E-state index is -0.115. The van der Waals surface area contributed by atoms with Crippen molar-refractivity contribution in [3.05, 3.63) is 34.1 Å². The van der Waals surface area contributed by atoms with Gasteiger partial charge in [0.15, 0.2) is 5.82 Å². The maximum absolute atomic E-state index is 9.07. The normalized spacial score (nSPS) is 11.1. The molecule has 0 aliphatic heterocycles. The van der Waals surface area contributed by atoms with Gasteiger partial charge in [0.2, 0.25) is 0 Å². The van der Waals surface area contributed by atoms with Gasteiger partial charge in [-0.2, -0.15) is 14.6 Å². The van der Waals surface area contributed by atoms with Gasteiger partial charge in [0.1, 0.15) is 11.8 Å². The van der Waals surface area contributed by atoms with Crippen LogP contribution in [0.1, 0.15) is 32.2 Å². The Bertz CT molecular complexity index is 640.